The molecule has 0 radical (unpaired) electrons. The molecule has 0 aliphatic heterocycles. The van der Waals surface area contributed by atoms with Crippen LogP contribution in [0.15, 0.2) is 35.5 Å². The molecule has 2 heterocycles. The van der Waals surface area contributed by atoms with E-state index in [0.717, 1.165) is 30.6 Å². The van der Waals surface area contributed by atoms with E-state index in [0.29, 0.717) is 47.2 Å². The predicted octanol–water partition coefficient (Wildman–Crippen LogP) is 4.97. The van der Waals surface area contributed by atoms with Gasteiger partial charge in [-0.2, -0.15) is 0 Å². The second-order valence-electron chi connectivity index (χ2n) is 8.36. The molecule has 2 aromatic heterocycles. The molecule has 1 N–H and O–H groups in total. The van der Waals surface area contributed by atoms with E-state index in [4.69, 9.17) is 9.47 Å². The average molecular weight is 515 g/mol. The van der Waals surface area contributed by atoms with Crippen molar-refractivity contribution in [1.82, 2.24) is 14.8 Å². The highest BCUT2D eigenvalue weighted by Crippen LogP contribution is 2.40. The lowest BCUT2D eigenvalue weighted by Crippen LogP contribution is -2.18. The van der Waals surface area contributed by atoms with E-state index in [1.54, 1.807) is 6.92 Å². The standard InChI is InChI=1S/C25H30N4O4S2/c1-4-29-20(14-33-17-9-7-6-8-10-17)27-28-25(29)34-15-21(30)26-23-22(24(31)32-5-2)18-12-11-16(3)13-19(18)35-23/h6-10,16H,4-5,11-15H2,1-3H3,(H,26,30). The zero-order valence-corrected chi connectivity index (χ0v) is 21.8. The molecule has 186 valence electrons. The summed E-state index contributed by atoms with van der Waals surface area (Å²) < 4.78 is 13.0. The molecule has 0 saturated heterocycles. The number of hydrogen-bond acceptors (Lipinski definition) is 8. The Balaban J connectivity index is 1.41. The molecule has 1 aliphatic rings. The Labute approximate surface area is 213 Å². The van der Waals surface area contributed by atoms with Crippen molar-refractivity contribution in [3.05, 3.63) is 52.2 Å². The number of aromatic nitrogens is 3. The fourth-order valence-corrected chi connectivity index (χ4v) is 6.30. The third kappa shape index (κ3) is 6.05. The average Bonchev–Trinajstić information content (AvgIpc) is 3.41. The number of ether oxygens (including phenoxy) is 2. The molecule has 0 saturated carbocycles. The number of nitrogens with one attached hydrogen (secondary N) is 1. The van der Waals surface area contributed by atoms with Gasteiger partial charge in [-0.3, -0.25) is 4.79 Å². The number of carbonyl (C=O) groups is 2. The Kier molecular flexibility index (Phi) is 8.46. The molecule has 1 aromatic carbocycles. The number of anilines is 1. The molecule has 4 rings (SSSR count). The molecule has 10 heteroatoms. The SMILES string of the molecule is CCOC(=O)c1c(NC(=O)CSc2nnc(COc3ccccc3)n2CC)sc2c1CCC(C)C2. The molecule has 1 unspecified atom stereocenters. The number of benzene rings is 1. The van der Waals surface area contributed by atoms with Crippen LogP contribution in [0.1, 0.15) is 53.8 Å². The van der Waals surface area contributed by atoms with Crippen molar-refractivity contribution >= 4 is 40.0 Å². The van der Waals surface area contributed by atoms with E-state index in [1.807, 2.05) is 41.8 Å². The van der Waals surface area contributed by atoms with Gasteiger partial charge in [-0.25, -0.2) is 4.79 Å². The summed E-state index contributed by atoms with van der Waals surface area (Å²) >= 11 is 2.81. The number of rotatable bonds is 10. The first kappa shape index (κ1) is 25.2. The monoisotopic (exact) mass is 514 g/mol. The third-order valence-corrected chi connectivity index (χ3v) is 7.93. The summed E-state index contributed by atoms with van der Waals surface area (Å²) in [6.07, 6.45) is 2.78. The van der Waals surface area contributed by atoms with Gasteiger partial charge >= 0.3 is 5.97 Å². The highest BCUT2D eigenvalue weighted by Gasteiger charge is 2.29. The molecule has 8 nitrogen and oxygen atoms in total. The van der Waals surface area contributed by atoms with Crippen LogP contribution in [0.2, 0.25) is 0 Å². The summed E-state index contributed by atoms with van der Waals surface area (Å²) in [4.78, 5) is 26.7. The van der Waals surface area contributed by atoms with Crippen LogP contribution in [0.4, 0.5) is 5.00 Å². The van der Waals surface area contributed by atoms with Crippen LogP contribution in [-0.4, -0.2) is 39.0 Å². The molecule has 1 atom stereocenters. The minimum absolute atomic E-state index is 0.152. The molecule has 1 aliphatic carbocycles. The van der Waals surface area contributed by atoms with Crippen molar-refractivity contribution in [3.8, 4) is 5.75 Å². The van der Waals surface area contributed by atoms with Gasteiger partial charge in [0.05, 0.1) is 17.9 Å². The first-order valence-corrected chi connectivity index (χ1v) is 13.6. The summed E-state index contributed by atoms with van der Waals surface area (Å²) in [6.45, 7) is 7.25. The number of thioether (sulfide) groups is 1. The van der Waals surface area contributed by atoms with Gasteiger partial charge < -0.3 is 19.4 Å². The third-order valence-electron chi connectivity index (χ3n) is 5.80. The van der Waals surface area contributed by atoms with Crippen molar-refractivity contribution in [1.29, 1.82) is 0 Å². The van der Waals surface area contributed by atoms with E-state index in [1.165, 1.54) is 28.0 Å². The van der Waals surface area contributed by atoms with Gasteiger partial charge in [-0.15, -0.1) is 21.5 Å². The van der Waals surface area contributed by atoms with E-state index in [9.17, 15) is 9.59 Å². The van der Waals surface area contributed by atoms with Gasteiger partial charge in [0.1, 0.15) is 17.4 Å². The Morgan fingerprint density at radius 2 is 2.03 bits per heavy atom. The molecule has 0 bridgehead atoms. The molecule has 3 aromatic rings. The lowest BCUT2D eigenvalue weighted by molar-refractivity contribution is -0.113. The van der Waals surface area contributed by atoms with Crippen molar-refractivity contribution in [2.75, 3.05) is 17.7 Å². The minimum atomic E-state index is -0.365. The van der Waals surface area contributed by atoms with Crippen LogP contribution >= 0.6 is 23.1 Å². The minimum Gasteiger partial charge on any atom is -0.486 e. The normalized spacial score (nSPS) is 14.9. The van der Waals surface area contributed by atoms with Crippen molar-refractivity contribution in [2.24, 2.45) is 5.92 Å². The van der Waals surface area contributed by atoms with Crippen LogP contribution < -0.4 is 10.1 Å². The summed E-state index contributed by atoms with van der Waals surface area (Å²) in [7, 11) is 0. The largest absolute Gasteiger partial charge is 0.486 e. The lowest BCUT2D eigenvalue weighted by atomic mass is 9.88. The number of amides is 1. The van der Waals surface area contributed by atoms with Crippen molar-refractivity contribution in [3.63, 3.8) is 0 Å². The number of nitrogens with zero attached hydrogens (tertiary/aromatic N) is 3. The Morgan fingerprint density at radius 3 is 2.77 bits per heavy atom. The summed E-state index contributed by atoms with van der Waals surface area (Å²) in [5.74, 6) is 1.62. The van der Waals surface area contributed by atoms with Crippen LogP contribution in [0, 0.1) is 5.92 Å². The number of carbonyl (C=O) groups excluding carboxylic acids is 2. The van der Waals surface area contributed by atoms with Gasteiger partial charge in [0.25, 0.3) is 0 Å². The smallest absolute Gasteiger partial charge is 0.341 e. The zero-order chi connectivity index (χ0) is 24.8. The Hall–Kier alpha value is -2.85. The fourth-order valence-electron chi connectivity index (χ4n) is 4.07. The molecule has 0 fully saturated rings. The Morgan fingerprint density at radius 1 is 1.23 bits per heavy atom. The molecule has 35 heavy (non-hydrogen) atoms. The van der Waals surface area contributed by atoms with E-state index in [-0.39, 0.29) is 17.6 Å². The van der Waals surface area contributed by atoms with Crippen LogP contribution in [-0.2, 0) is 35.5 Å². The van der Waals surface area contributed by atoms with E-state index < -0.39 is 0 Å². The highest BCUT2D eigenvalue weighted by atomic mass is 32.2. The predicted molar refractivity (Wildman–Crippen MR) is 137 cm³/mol. The van der Waals surface area contributed by atoms with Crippen LogP contribution in [0.5, 0.6) is 5.75 Å². The second-order valence-corrected chi connectivity index (χ2v) is 10.4. The van der Waals surface area contributed by atoms with Crippen LogP contribution in [0.25, 0.3) is 0 Å². The molecule has 1 amide bonds. The first-order chi connectivity index (χ1) is 17.0. The van der Waals surface area contributed by atoms with Gasteiger partial charge in [-0.05, 0) is 56.7 Å². The summed E-state index contributed by atoms with van der Waals surface area (Å²) in [5, 5.41) is 12.7. The highest BCUT2D eigenvalue weighted by molar-refractivity contribution is 7.99. The quantitative estimate of drug-likeness (QED) is 0.301. The summed E-state index contributed by atoms with van der Waals surface area (Å²) in [5.41, 5.74) is 1.55. The van der Waals surface area contributed by atoms with Gasteiger partial charge in [-0.1, -0.05) is 36.9 Å². The zero-order valence-electron chi connectivity index (χ0n) is 20.2. The molecular formula is C25H30N4O4S2. The van der Waals surface area contributed by atoms with E-state index in [2.05, 4.69) is 22.4 Å². The van der Waals surface area contributed by atoms with Crippen molar-refractivity contribution < 1.29 is 19.1 Å². The molecular weight excluding hydrogens is 484 g/mol. The van der Waals surface area contributed by atoms with Gasteiger partial charge in [0.15, 0.2) is 11.0 Å². The molecule has 0 spiro atoms. The maximum absolute atomic E-state index is 12.9. The van der Waals surface area contributed by atoms with Crippen molar-refractivity contribution in [2.45, 2.75) is 58.3 Å². The van der Waals surface area contributed by atoms with Crippen LogP contribution in [0.3, 0.4) is 0 Å². The van der Waals surface area contributed by atoms with Gasteiger partial charge in [0, 0.05) is 11.4 Å². The number of hydrogen-bond donors (Lipinski definition) is 1. The number of fused-ring (bicyclic) bond motifs is 1. The van der Waals surface area contributed by atoms with Gasteiger partial charge in [0.2, 0.25) is 5.91 Å². The second kappa shape index (κ2) is 11.7. The number of esters is 1. The number of para-hydroxylation sites is 1. The summed E-state index contributed by atoms with van der Waals surface area (Å²) in [6, 6.07) is 9.54. The lowest BCUT2D eigenvalue weighted by Gasteiger charge is -2.18. The first-order valence-electron chi connectivity index (χ1n) is 11.8. The topological polar surface area (TPSA) is 95.3 Å². The Bertz CT molecular complexity index is 1180. The number of thiophene rings is 1. The van der Waals surface area contributed by atoms with E-state index >= 15 is 0 Å². The maximum atomic E-state index is 12.9. The maximum Gasteiger partial charge on any atom is 0.341 e. The fraction of sp³-hybridized carbons (Fsp3) is 0.440.